The molecule has 0 fully saturated rings. The van der Waals surface area contributed by atoms with Crippen molar-refractivity contribution in [3.63, 3.8) is 0 Å². The summed E-state index contributed by atoms with van der Waals surface area (Å²) in [5.41, 5.74) is 0.904. The van der Waals surface area contributed by atoms with Crippen molar-refractivity contribution in [1.82, 2.24) is 4.90 Å². The van der Waals surface area contributed by atoms with Crippen molar-refractivity contribution < 1.29 is 19.3 Å². The lowest BCUT2D eigenvalue weighted by Crippen LogP contribution is -2.44. The predicted octanol–water partition coefficient (Wildman–Crippen LogP) is 5.97. The Bertz CT molecular complexity index is 1520. The van der Waals surface area contributed by atoms with E-state index in [-0.39, 0.29) is 33.4 Å². The van der Waals surface area contributed by atoms with E-state index in [1.54, 1.807) is 48.5 Å². The monoisotopic (exact) mass is 617 g/mol. The molecule has 0 saturated heterocycles. The van der Waals surface area contributed by atoms with E-state index in [4.69, 9.17) is 11.6 Å². The van der Waals surface area contributed by atoms with Crippen molar-refractivity contribution in [3.8, 4) is 0 Å². The molecule has 0 radical (unpaired) electrons. The summed E-state index contributed by atoms with van der Waals surface area (Å²) in [5, 5.41) is 11.8. The number of hydrogen-bond acceptors (Lipinski definition) is 6. The highest BCUT2D eigenvalue weighted by molar-refractivity contribution is 14.1. The Balaban J connectivity index is 1.57. The number of rotatable bonds is 5. The minimum atomic E-state index is -0.531. The molecule has 0 N–H and O–H groups in total. The van der Waals surface area contributed by atoms with Gasteiger partial charge in [-0.05, 0) is 65.1 Å². The molecule has 4 aromatic rings. The smallest absolute Gasteiger partial charge is 0.271 e. The Kier molecular flexibility index (Phi) is 6.03. The number of amides is 3. The molecule has 1 aliphatic heterocycles. The lowest BCUT2D eigenvalue weighted by molar-refractivity contribution is -0.384. The predicted molar refractivity (Wildman–Crippen MR) is 141 cm³/mol. The summed E-state index contributed by atoms with van der Waals surface area (Å²) in [7, 11) is 0. The topological polar surface area (TPSA) is 101 Å². The van der Waals surface area contributed by atoms with E-state index in [0.717, 1.165) is 19.8 Å². The standard InChI is InChI=1S/C24H13ClIN3O5S/c25-20-18-10-9-15(29(33)34)11-19(18)35-21(20)24(32)27(14-7-5-13(26)6-8-14)12-28-22(30)16-3-1-2-4-17(16)23(28)31/h1-11H,12H2. The van der Waals surface area contributed by atoms with Gasteiger partial charge in [0.2, 0.25) is 0 Å². The van der Waals surface area contributed by atoms with Gasteiger partial charge in [-0.15, -0.1) is 11.3 Å². The Morgan fingerprint density at radius 2 is 1.66 bits per heavy atom. The van der Waals surface area contributed by atoms with Crippen LogP contribution in [0, 0.1) is 13.7 Å². The van der Waals surface area contributed by atoms with Crippen LogP contribution in [0.4, 0.5) is 11.4 Å². The fourth-order valence-corrected chi connectivity index (χ4v) is 5.67. The highest BCUT2D eigenvalue weighted by atomic mass is 127. The SMILES string of the molecule is O=C1c2ccccc2C(=O)N1CN(C(=O)c1sc2cc([N+](=O)[O-])ccc2c1Cl)c1ccc(I)cc1. The number of carbonyl (C=O) groups excluding carboxylic acids is 3. The Morgan fingerprint density at radius 3 is 2.26 bits per heavy atom. The molecule has 0 atom stereocenters. The third kappa shape index (κ3) is 4.07. The lowest BCUT2D eigenvalue weighted by atomic mass is 10.1. The van der Waals surface area contributed by atoms with Gasteiger partial charge in [0, 0.05) is 31.5 Å². The van der Waals surface area contributed by atoms with Gasteiger partial charge in [-0.25, -0.2) is 0 Å². The van der Waals surface area contributed by atoms with Crippen LogP contribution in [-0.4, -0.2) is 34.2 Å². The van der Waals surface area contributed by atoms with E-state index in [1.165, 1.54) is 23.1 Å². The summed E-state index contributed by atoms with van der Waals surface area (Å²) in [5.74, 6) is -1.52. The van der Waals surface area contributed by atoms with E-state index in [0.29, 0.717) is 15.8 Å². The lowest BCUT2D eigenvalue weighted by Gasteiger charge is -2.27. The number of imide groups is 1. The first kappa shape index (κ1) is 23.4. The maximum atomic E-state index is 13.8. The van der Waals surface area contributed by atoms with Gasteiger partial charge in [-0.3, -0.25) is 34.3 Å². The molecule has 0 aliphatic carbocycles. The number of halogens is 2. The van der Waals surface area contributed by atoms with Crippen LogP contribution < -0.4 is 4.90 Å². The van der Waals surface area contributed by atoms with Crippen LogP contribution in [0.25, 0.3) is 10.1 Å². The summed E-state index contributed by atoms with van der Waals surface area (Å²) in [6.45, 7) is -0.323. The third-order valence-electron chi connectivity index (χ3n) is 5.56. The third-order valence-corrected chi connectivity index (χ3v) is 7.93. The van der Waals surface area contributed by atoms with Crippen molar-refractivity contribution >= 4 is 84.7 Å². The normalized spacial score (nSPS) is 12.8. The van der Waals surface area contributed by atoms with E-state index in [2.05, 4.69) is 22.6 Å². The molecule has 0 unspecified atom stereocenters. The molecule has 0 bridgehead atoms. The molecular formula is C24H13ClIN3O5S. The second-order valence-corrected chi connectivity index (χ2v) is 10.3. The molecule has 8 nitrogen and oxygen atoms in total. The maximum absolute atomic E-state index is 13.8. The minimum absolute atomic E-state index is 0.116. The van der Waals surface area contributed by atoms with E-state index in [9.17, 15) is 24.5 Å². The Morgan fingerprint density at radius 1 is 1.03 bits per heavy atom. The number of thiophene rings is 1. The minimum Gasteiger partial charge on any atom is -0.289 e. The van der Waals surface area contributed by atoms with Crippen LogP contribution in [0.3, 0.4) is 0 Å². The van der Waals surface area contributed by atoms with Crippen LogP contribution in [0.15, 0.2) is 66.7 Å². The summed E-state index contributed by atoms with van der Waals surface area (Å²) in [4.78, 5) is 52.9. The van der Waals surface area contributed by atoms with Crippen LogP contribution >= 0.6 is 45.5 Å². The van der Waals surface area contributed by atoms with Crippen LogP contribution in [0.5, 0.6) is 0 Å². The quantitative estimate of drug-likeness (QED) is 0.119. The number of carbonyl (C=O) groups is 3. The molecule has 2 heterocycles. The van der Waals surface area contributed by atoms with Crippen molar-refractivity contribution in [2.24, 2.45) is 0 Å². The van der Waals surface area contributed by atoms with Gasteiger partial charge < -0.3 is 0 Å². The molecule has 1 aromatic heterocycles. The highest BCUT2D eigenvalue weighted by Crippen LogP contribution is 2.39. The van der Waals surface area contributed by atoms with Crippen molar-refractivity contribution in [2.45, 2.75) is 0 Å². The molecule has 35 heavy (non-hydrogen) atoms. The van der Waals surface area contributed by atoms with Gasteiger partial charge >= 0.3 is 0 Å². The van der Waals surface area contributed by atoms with Gasteiger partial charge in [0.25, 0.3) is 23.4 Å². The number of anilines is 1. The van der Waals surface area contributed by atoms with Gasteiger partial charge in [0.15, 0.2) is 0 Å². The summed E-state index contributed by atoms with van der Waals surface area (Å²) >= 11 is 9.68. The molecule has 3 aromatic carbocycles. The molecular weight excluding hydrogens is 605 g/mol. The van der Waals surface area contributed by atoms with Crippen LogP contribution in [-0.2, 0) is 0 Å². The van der Waals surface area contributed by atoms with Crippen molar-refractivity contribution in [1.29, 1.82) is 0 Å². The fraction of sp³-hybridized carbons (Fsp3) is 0.0417. The summed E-state index contributed by atoms with van der Waals surface area (Å²) in [6.07, 6.45) is 0. The molecule has 0 spiro atoms. The van der Waals surface area contributed by atoms with Gasteiger partial charge in [-0.2, -0.15) is 0 Å². The maximum Gasteiger partial charge on any atom is 0.271 e. The largest absolute Gasteiger partial charge is 0.289 e. The van der Waals surface area contributed by atoms with Gasteiger partial charge in [0.05, 0.1) is 21.1 Å². The zero-order chi connectivity index (χ0) is 24.9. The van der Waals surface area contributed by atoms with Crippen LogP contribution in [0.1, 0.15) is 30.4 Å². The first-order chi connectivity index (χ1) is 16.8. The summed E-state index contributed by atoms with van der Waals surface area (Å²) < 4.78 is 1.42. The molecule has 0 saturated carbocycles. The average molecular weight is 618 g/mol. The number of nitro groups is 1. The van der Waals surface area contributed by atoms with Crippen molar-refractivity contribution in [2.75, 3.05) is 11.6 Å². The number of non-ortho nitro benzene ring substituents is 1. The highest BCUT2D eigenvalue weighted by Gasteiger charge is 2.38. The molecule has 11 heteroatoms. The zero-order valence-corrected chi connectivity index (χ0v) is 21.3. The van der Waals surface area contributed by atoms with E-state index in [1.807, 2.05) is 0 Å². The Labute approximate surface area is 221 Å². The van der Waals surface area contributed by atoms with E-state index < -0.39 is 22.6 Å². The second kappa shape index (κ2) is 9.02. The first-order valence-electron chi connectivity index (χ1n) is 10.2. The number of hydrogen-bond donors (Lipinski definition) is 0. The average Bonchev–Trinajstić information content (AvgIpc) is 3.31. The van der Waals surface area contributed by atoms with Gasteiger partial charge in [0.1, 0.15) is 11.5 Å². The van der Waals surface area contributed by atoms with Crippen molar-refractivity contribution in [3.05, 3.63) is 101 Å². The Hall–Kier alpha value is -3.35. The van der Waals surface area contributed by atoms with Gasteiger partial charge in [-0.1, -0.05) is 23.7 Å². The summed E-state index contributed by atoms with van der Waals surface area (Å²) in [6, 6.07) is 17.7. The molecule has 5 rings (SSSR count). The fourth-order valence-electron chi connectivity index (χ4n) is 3.82. The molecule has 174 valence electrons. The van der Waals surface area contributed by atoms with E-state index >= 15 is 0 Å². The molecule has 1 aliphatic rings. The first-order valence-corrected chi connectivity index (χ1v) is 12.4. The number of nitro benzene ring substituents is 1. The number of fused-ring (bicyclic) bond motifs is 2. The zero-order valence-electron chi connectivity index (χ0n) is 17.6. The van der Waals surface area contributed by atoms with Crippen LogP contribution in [0.2, 0.25) is 5.02 Å². The molecule has 3 amide bonds. The number of nitrogens with zero attached hydrogens (tertiary/aromatic N) is 3. The second-order valence-electron chi connectivity index (χ2n) is 7.62. The number of benzene rings is 3.